The van der Waals surface area contributed by atoms with Crippen molar-refractivity contribution in [2.75, 3.05) is 38.2 Å². The molecule has 0 radical (unpaired) electrons. The number of hydrogen-bond donors (Lipinski definition) is 2. The Hall–Kier alpha value is -0.860. The van der Waals surface area contributed by atoms with Crippen LogP contribution < -0.4 is 10.2 Å². The Labute approximate surface area is 174 Å². The molecule has 1 aromatic carbocycles. The Kier molecular flexibility index (Phi) is 9.33. The molecule has 1 aromatic heterocycles. The molecular weight excluding hydrogens is 419 g/mol. The fraction of sp³-hybridized carbons (Fsp3) is 0.500. The van der Waals surface area contributed by atoms with Crippen LogP contribution in [0.1, 0.15) is 13.3 Å². The van der Waals surface area contributed by atoms with Crippen molar-refractivity contribution in [3.63, 3.8) is 0 Å². The lowest BCUT2D eigenvalue weighted by Crippen LogP contribution is -2.43. The molecule has 0 aliphatic carbocycles. The van der Waals surface area contributed by atoms with Gasteiger partial charge in [-0.25, -0.2) is 4.98 Å². The minimum absolute atomic E-state index is 0. The molecule has 1 unspecified atom stereocenters. The monoisotopic (exact) mass is 440 g/mol. The van der Waals surface area contributed by atoms with Gasteiger partial charge in [-0.15, -0.1) is 24.8 Å². The molecule has 0 spiro atoms. The van der Waals surface area contributed by atoms with Crippen LogP contribution in [-0.2, 0) is 9.53 Å². The number of halogens is 3. The number of hydrogen-bond acceptors (Lipinski definition) is 6. The Morgan fingerprint density at radius 2 is 2.08 bits per heavy atom. The number of benzene rings is 1. The van der Waals surface area contributed by atoms with E-state index in [2.05, 4.69) is 20.2 Å². The van der Waals surface area contributed by atoms with Crippen molar-refractivity contribution in [2.24, 2.45) is 0 Å². The maximum absolute atomic E-state index is 11.8. The van der Waals surface area contributed by atoms with E-state index in [4.69, 9.17) is 16.3 Å². The maximum atomic E-state index is 11.8. The lowest BCUT2D eigenvalue weighted by molar-refractivity contribution is -0.140. The maximum Gasteiger partial charge on any atom is 0.319 e. The third-order valence-electron chi connectivity index (χ3n) is 4.08. The van der Waals surface area contributed by atoms with Crippen molar-refractivity contribution in [1.82, 2.24) is 15.3 Å². The fourth-order valence-electron chi connectivity index (χ4n) is 2.76. The third kappa shape index (κ3) is 5.10. The average Bonchev–Trinajstić information content (AvgIpc) is 3.00. The van der Waals surface area contributed by atoms with Crippen molar-refractivity contribution < 1.29 is 9.53 Å². The molecule has 3 rings (SSSR count). The second kappa shape index (κ2) is 10.5. The zero-order valence-corrected chi connectivity index (χ0v) is 17.8. The highest BCUT2D eigenvalue weighted by Gasteiger charge is 2.21. The summed E-state index contributed by atoms with van der Waals surface area (Å²) in [6.07, 6.45) is 0.682. The number of H-pyrrole nitrogens is 1. The molecule has 2 aromatic rings. The summed E-state index contributed by atoms with van der Waals surface area (Å²) < 4.78 is 4.83. The molecule has 1 atom stereocenters. The van der Waals surface area contributed by atoms with E-state index in [-0.39, 0.29) is 36.0 Å². The summed E-state index contributed by atoms with van der Waals surface area (Å²) in [7, 11) is 1.41. The van der Waals surface area contributed by atoms with Crippen molar-refractivity contribution in [3.05, 3.63) is 17.2 Å². The molecule has 1 aliphatic rings. The van der Waals surface area contributed by atoms with Gasteiger partial charge in [0.25, 0.3) is 0 Å². The largest absolute Gasteiger partial charge is 0.468 e. The Morgan fingerprint density at radius 3 is 2.69 bits per heavy atom. The molecular formula is C16H23Cl3N4O2S. The molecule has 0 bridgehead atoms. The first-order valence-corrected chi connectivity index (χ1v) is 9.27. The Bertz CT molecular complexity index is 738. The number of aromatic amines is 1. The molecule has 10 heteroatoms. The number of esters is 1. The third-order valence-corrected chi connectivity index (χ3v) is 5.60. The van der Waals surface area contributed by atoms with Crippen LogP contribution in [0.5, 0.6) is 0 Å². The average molecular weight is 442 g/mol. The number of methoxy groups -OCH3 is 1. The van der Waals surface area contributed by atoms with Crippen molar-refractivity contribution in [1.29, 1.82) is 0 Å². The molecule has 1 aliphatic heterocycles. The number of rotatable bonds is 5. The second-order valence-corrected chi connectivity index (χ2v) is 7.24. The van der Waals surface area contributed by atoms with Gasteiger partial charge in [0.2, 0.25) is 0 Å². The van der Waals surface area contributed by atoms with Gasteiger partial charge in [0.15, 0.2) is 5.16 Å². The van der Waals surface area contributed by atoms with Gasteiger partial charge in [-0.1, -0.05) is 30.3 Å². The zero-order valence-electron chi connectivity index (χ0n) is 14.6. The minimum Gasteiger partial charge on any atom is -0.468 e. The van der Waals surface area contributed by atoms with Gasteiger partial charge in [-0.3, -0.25) is 4.79 Å². The summed E-state index contributed by atoms with van der Waals surface area (Å²) in [4.78, 5) is 21.9. The number of carbonyl (C=O) groups excluding carboxylic acids is 1. The molecule has 0 amide bonds. The summed E-state index contributed by atoms with van der Waals surface area (Å²) in [5, 5.41) is 4.48. The number of thioether (sulfide) groups is 1. The fourth-order valence-corrected chi connectivity index (χ4v) is 3.99. The lowest BCUT2D eigenvalue weighted by atomic mass is 10.2. The van der Waals surface area contributed by atoms with Gasteiger partial charge in [-0.2, -0.15) is 0 Å². The SMILES string of the molecule is CCC(Sc1nc2cc(Cl)c(N3CCNCC3)cc2[nH]1)C(=O)OC.Cl.Cl. The normalized spacial score (nSPS) is 15.1. The first-order valence-electron chi connectivity index (χ1n) is 8.01. The molecule has 1 fully saturated rings. The van der Waals surface area contributed by atoms with E-state index in [9.17, 15) is 4.79 Å². The highest BCUT2D eigenvalue weighted by atomic mass is 35.5. The number of carbonyl (C=O) groups is 1. The number of aromatic nitrogens is 2. The molecule has 146 valence electrons. The molecule has 6 nitrogen and oxygen atoms in total. The zero-order chi connectivity index (χ0) is 17.1. The van der Waals surface area contributed by atoms with Gasteiger partial charge in [0.05, 0.1) is 28.9 Å². The molecule has 2 heterocycles. The van der Waals surface area contributed by atoms with E-state index in [0.717, 1.165) is 42.9 Å². The smallest absolute Gasteiger partial charge is 0.319 e. The predicted molar refractivity (Wildman–Crippen MR) is 113 cm³/mol. The van der Waals surface area contributed by atoms with Crippen LogP contribution in [0.3, 0.4) is 0 Å². The van der Waals surface area contributed by atoms with Gasteiger partial charge >= 0.3 is 5.97 Å². The predicted octanol–water partition coefficient (Wildman–Crippen LogP) is 3.51. The van der Waals surface area contributed by atoms with Gasteiger partial charge in [-0.05, 0) is 18.6 Å². The Morgan fingerprint density at radius 1 is 1.38 bits per heavy atom. The summed E-state index contributed by atoms with van der Waals surface area (Å²) in [6.45, 7) is 5.73. The summed E-state index contributed by atoms with van der Waals surface area (Å²) in [6, 6.07) is 3.92. The number of anilines is 1. The van der Waals surface area contributed by atoms with Crippen LogP contribution in [0.15, 0.2) is 17.3 Å². The van der Waals surface area contributed by atoms with E-state index in [1.165, 1.54) is 18.9 Å². The number of ether oxygens (including phenoxy) is 1. The van der Waals surface area contributed by atoms with Crippen molar-refractivity contribution in [3.8, 4) is 0 Å². The van der Waals surface area contributed by atoms with Crippen LogP contribution in [-0.4, -0.2) is 54.5 Å². The second-order valence-electron chi connectivity index (χ2n) is 5.64. The summed E-state index contributed by atoms with van der Waals surface area (Å²) in [5.41, 5.74) is 2.75. The van der Waals surface area contributed by atoms with Crippen molar-refractivity contribution in [2.45, 2.75) is 23.8 Å². The first-order chi connectivity index (χ1) is 11.6. The lowest BCUT2D eigenvalue weighted by Gasteiger charge is -2.30. The summed E-state index contributed by atoms with van der Waals surface area (Å²) in [5.74, 6) is -0.234. The van der Waals surface area contributed by atoms with Crippen molar-refractivity contribution >= 4 is 70.9 Å². The standard InChI is InChI=1S/C16H21ClN4O2S.2ClH/c1-3-14(15(22)23-2)24-16-19-11-8-10(17)13(9-12(11)20-16)21-6-4-18-5-7-21;;/h8-9,14,18H,3-7H2,1-2H3,(H,19,20);2*1H. The highest BCUT2D eigenvalue weighted by Crippen LogP contribution is 2.33. The van der Waals surface area contributed by atoms with Crippen LogP contribution in [0.2, 0.25) is 5.02 Å². The van der Waals surface area contributed by atoms with E-state index >= 15 is 0 Å². The molecule has 2 N–H and O–H groups in total. The van der Waals surface area contributed by atoms with Crippen LogP contribution in [0.25, 0.3) is 11.0 Å². The first kappa shape index (κ1) is 23.2. The van der Waals surface area contributed by atoms with Gasteiger partial charge in [0, 0.05) is 26.2 Å². The van der Waals surface area contributed by atoms with Crippen LogP contribution in [0.4, 0.5) is 5.69 Å². The van der Waals surface area contributed by atoms with E-state index in [1.807, 2.05) is 19.1 Å². The molecule has 0 saturated carbocycles. The van der Waals surface area contributed by atoms with E-state index in [0.29, 0.717) is 16.6 Å². The molecule has 26 heavy (non-hydrogen) atoms. The number of nitrogens with one attached hydrogen (secondary N) is 2. The number of piperazine rings is 1. The topological polar surface area (TPSA) is 70.2 Å². The van der Waals surface area contributed by atoms with E-state index in [1.54, 1.807) is 0 Å². The van der Waals surface area contributed by atoms with Gasteiger partial charge in [0.1, 0.15) is 5.25 Å². The van der Waals surface area contributed by atoms with Crippen LogP contribution in [0, 0.1) is 0 Å². The number of fused-ring (bicyclic) bond motifs is 1. The quantitative estimate of drug-likeness (QED) is 0.546. The number of imidazole rings is 1. The summed E-state index contributed by atoms with van der Waals surface area (Å²) >= 11 is 7.84. The van der Waals surface area contributed by atoms with E-state index < -0.39 is 0 Å². The van der Waals surface area contributed by atoms with Crippen LogP contribution >= 0.6 is 48.2 Å². The Balaban J connectivity index is 0.00000169. The number of nitrogens with zero attached hydrogens (tertiary/aromatic N) is 2. The minimum atomic E-state index is -0.265. The molecule has 1 saturated heterocycles. The highest BCUT2D eigenvalue weighted by molar-refractivity contribution is 8.00. The van der Waals surface area contributed by atoms with Gasteiger partial charge < -0.3 is 19.9 Å².